The molecule has 4 aromatic rings. The zero-order valence-corrected chi connectivity index (χ0v) is 15.4. The smallest absolute Gasteiger partial charge is 0.256 e. The van der Waals surface area contributed by atoms with E-state index in [9.17, 15) is 4.79 Å². The van der Waals surface area contributed by atoms with E-state index in [-0.39, 0.29) is 5.91 Å². The highest BCUT2D eigenvalue weighted by atomic mass is 16.1. The summed E-state index contributed by atoms with van der Waals surface area (Å²) in [7, 11) is 0. The van der Waals surface area contributed by atoms with Crippen LogP contribution in [0.2, 0.25) is 0 Å². The molecule has 0 aliphatic rings. The van der Waals surface area contributed by atoms with Crippen LogP contribution in [0.15, 0.2) is 78.9 Å². The van der Waals surface area contributed by atoms with Gasteiger partial charge in [-0.25, -0.2) is 4.98 Å². The van der Waals surface area contributed by atoms with Gasteiger partial charge >= 0.3 is 0 Å². The number of rotatable bonds is 3. The van der Waals surface area contributed by atoms with E-state index in [2.05, 4.69) is 5.32 Å². The molecule has 0 bridgehead atoms. The third-order valence-electron chi connectivity index (χ3n) is 4.69. The highest BCUT2D eigenvalue weighted by Gasteiger charge is 2.19. The van der Waals surface area contributed by atoms with E-state index < -0.39 is 0 Å². The predicted octanol–water partition coefficient (Wildman–Crippen LogP) is 5.77. The first-order valence-corrected chi connectivity index (χ1v) is 8.96. The number of anilines is 1. The molecule has 3 nitrogen and oxygen atoms in total. The second kappa shape index (κ2) is 7.04. The van der Waals surface area contributed by atoms with Crippen LogP contribution in [-0.4, -0.2) is 10.9 Å². The molecule has 1 heterocycles. The summed E-state index contributed by atoms with van der Waals surface area (Å²) in [4.78, 5) is 18.0. The minimum absolute atomic E-state index is 0.117. The molecule has 0 aliphatic carbocycles. The summed E-state index contributed by atoms with van der Waals surface area (Å²) in [5, 5.41) is 3.90. The Morgan fingerprint density at radius 1 is 0.852 bits per heavy atom. The van der Waals surface area contributed by atoms with Crippen molar-refractivity contribution in [1.29, 1.82) is 0 Å². The van der Waals surface area contributed by atoms with Crippen LogP contribution in [0.25, 0.3) is 22.2 Å². The van der Waals surface area contributed by atoms with Gasteiger partial charge in [0.2, 0.25) is 0 Å². The van der Waals surface area contributed by atoms with Crippen LogP contribution in [0, 0.1) is 13.8 Å². The van der Waals surface area contributed by atoms with Gasteiger partial charge in [0.05, 0.1) is 16.8 Å². The number of benzene rings is 3. The SMILES string of the molecule is Cc1cccc(NC(=O)c2c(C)c(-c3ccccc3)nc3ccccc23)c1. The molecule has 3 heteroatoms. The van der Waals surface area contributed by atoms with Crippen LogP contribution in [0.4, 0.5) is 5.69 Å². The zero-order valence-electron chi connectivity index (χ0n) is 15.4. The molecule has 0 fully saturated rings. The van der Waals surface area contributed by atoms with Crippen molar-refractivity contribution in [2.24, 2.45) is 0 Å². The van der Waals surface area contributed by atoms with E-state index in [1.165, 1.54) is 0 Å². The van der Waals surface area contributed by atoms with Crippen molar-refractivity contribution in [2.75, 3.05) is 5.32 Å². The number of nitrogens with one attached hydrogen (secondary N) is 1. The van der Waals surface area contributed by atoms with E-state index in [1.807, 2.05) is 92.7 Å². The normalized spacial score (nSPS) is 10.7. The summed E-state index contributed by atoms with van der Waals surface area (Å²) in [6.45, 7) is 3.98. The molecule has 0 aliphatic heterocycles. The summed E-state index contributed by atoms with van der Waals surface area (Å²) in [6.07, 6.45) is 0. The number of fused-ring (bicyclic) bond motifs is 1. The molecule has 0 saturated heterocycles. The maximum atomic E-state index is 13.2. The molecular weight excluding hydrogens is 332 g/mol. The average molecular weight is 352 g/mol. The molecule has 0 atom stereocenters. The first-order valence-electron chi connectivity index (χ1n) is 8.96. The summed E-state index contributed by atoms with van der Waals surface area (Å²) >= 11 is 0. The van der Waals surface area contributed by atoms with E-state index in [4.69, 9.17) is 4.98 Å². The molecule has 1 amide bonds. The Morgan fingerprint density at radius 2 is 1.59 bits per heavy atom. The Morgan fingerprint density at radius 3 is 2.37 bits per heavy atom. The highest BCUT2D eigenvalue weighted by Crippen LogP contribution is 2.30. The second-order valence-electron chi connectivity index (χ2n) is 6.67. The Kier molecular flexibility index (Phi) is 4.43. The van der Waals surface area contributed by atoms with Gasteiger partial charge in [-0.15, -0.1) is 0 Å². The van der Waals surface area contributed by atoms with Crippen LogP contribution in [0.1, 0.15) is 21.5 Å². The average Bonchev–Trinajstić information content (AvgIpc) is 2.68. The quantitative estimate of drug-likeness (QED) is 0.508. The molecule has 3 aromatic carbocycles. The number of carbonyl (C=O) groups excluding carboxylic acids is 1. The minimum Gasteiger partial charge on any atom is -0.322 e. The van der Waals surface area contributed by atoms with E-state index in [1.54, 1.807) is 0 Å². The summed E-state index contributed by atoms with van der Waals surface area (Å²) < 4.78 is 0. The van der Waals surface area contributed by atoms with Crippen molar-refractivity contribution in [3.05, 3.63) is 95.6 Å². The van der Waals surface area contributed by atoms with Crippen LogP contribution in [0.5, 0.6) is 0 Å². The topological polar surface area (TPSA) is 42.0 Å². The fourth-order valence-corrected chi connectivity index (χ4v) is 3.39. The summed E-state index contributed by atoms with van der Waals surface area (Å²) in [5.74, 6) is -0.117. The van der Waals surface area contributed by atoms with Crippen LogP contribution in [-0.2, 0) is 0 Å². The van der Waals surface area contributed by atoms with Gasteiger partial charge in [0, 0.05) is 16.6 Å². The molecule has 0 spiro atoms. The molecule has 132 valence electrons. The summed E-state index contributed by atoms with van der Waals surface area (Å²) in [6, 6.07) is 25.6. The van der Waals surface area contributed by atoms with Crippen molar-refractivity contribution in [2.45, 2.75) is 13.8 Å². The lowest BCUT2D eigenvalue weighted by molar-refractivity contribution is 0.102. The van der Waals surface area contributed by atoms with Crippen LogP contribution in [0.3, 0.4) is 0 Å². The number of hydrogen-bond donors (Lipinski definition) is 1. The Bertz CT molecular complexity index is 1130. The maximum absolute atomic E-state index is 13.2. The molecule has 1 aromatic heterocycles. The summed E-state index contributed by atoms with van der Waals surface area (Å²) in [5.41, 5.74) is 6.10. The number of pyridine rings is 1. The fourth-order valence-electron chi connectivity index (χ4n) is 3.39. The Labute approximate surface area is 158 Å². The number of amides is 1. The van der Waals surface area contributed by atoms with Gasteiger partial charge in [-0.1, -0.05) is 60.7 Å². The molecular formula is C24H20N2O. The van der Waals surface area contributed by atoms with Crippen molar-refractivity contribution in [1.82, 2.24) is 4.98 Å². The van der Waals surface area contributed by atoms with Gasteiger partial charge in [-0.3, -0.25) is 4.79 Å². The largest absolute Gasteiger partial charge is 0.322 e. The van der Waals surface area contributed by atoms with E-state index in [0.29, 0.717) is 5.56 Å². The number of para-hydroxylation sites is 1. The van der Waals surface area contributed by atoms with E-state index >= 15 is 0 Å². The van der Waals surface area contributed by atoms with E-state index in [0.717, 1.165) is 39.0 Å². The first-order chi connectivity index (χ1) is 13.1. The third kappa shape index (κ3) is 3.32. The molecule has 0 saturated carbocycles. The van der Waals surface area contributed by atoms with Gasteiger partial charge in [0.25, 0.3) is 5.91 Å². The van der Waals surface area contributed by atoms with Crippen molar-refractivity contribution in [3.63, 3.8) is 0 Å². The van der Waals surface area contributed by atoms with Crippen molar-refractivity contribution >= 4 is 22.5 Å². The molecule has 1 N–H and O–H groups in total. The van der Waals surface area contributed by atoms with Gasteiger partial charge < -0.3 is 5.32 Å². The number of aromatic nitrogens is 1. The van der Waals surface area contributed by atoms with Crippen molar-refractivity contribution < 1.29 is 4.79 Å². The zero-order chi connectivity index (χ0) is 18.8. The van der Waals surface area contributed by atoms with Gasteiger partial charge in [0.15, 0.2) is 0 Å². The molecule has 0 unspecified atom stereocenters. The number of aryl methyl sites for hydroxylation is 1. The lowest BCUT2D eigenvalue weighted by Crippen LogP contribution is -2.15. The highest BCUT2D eigenvalue weighted by molar-refractivity contribution is 6.14. The van der Waals surface area contributed by atoms with Crippen LogP contribution >= 0.6 is 0 Å². The van der Waals surface area contributed by atoms with Crippen molar-refractivity contribution in [3.8, 4) is 11.3 Å². The standard InChI is InChI=1S/C24H20N2O/c1-16-9-8-12-19(15-16)25-24(27)22-17(2)23(18-10-4-3-5-11-18)26-21-14-7-6-13-20(21)22/h3-15H,1-2H3,(H,25,27). The molecule has 4 rings (SSSR count). The minimum atomic E-state index is -0.117. The first kappa shape index (κ1) is 17.0. The Hall–Kier alpha value is -3.46. The monoisotopic (exact) mass is 352 g/mol. The molecule has 0 radical (unpaired) electrons. The maximum Gasteiger partial charge on any atom is 0.256 e. The van der Waals surface area contributed by atoms with Gasteiger partial charge in [-0.05, 0) is 43.2 Å². The lowest BCUT2D eigenvalue weighted by atomic mass is 9.97. The number of nitrogens with zero attached hydrogens (tertiary/aromatic N) is 1. The third-order valence-corrected chi connectivity index (χ3v) is 4.69. The lowest BCUT2D eigenvalue weighted by Gasteiger charge is -2.15. The predicted molar refractivity (Wildman–Crippen MR) is 111 cm³/mol. The van der Waals surface area contributed by atoms with Crippen LogP contribution < -0.4 is 5.32 Å². The van der Waals surface area contributed by atoms with Gasteiger partial charge in [-0.2, -0.15) is 0 Å². The number of hydrogen-bond acceptors (Lipinski definition) is 2. The number of carbonyl (C=O) groups is 1. The molecule has 27 heavy (non-hydrogen) atoms. The van der Waals surface area contributed by atoms with Gasteiger partial charge in [0.1, 0.15) is 0 Å². The Balaban J connectivity index is 1.88. The second-order valence-corrected chi connectivity index (χ2v) is 6.67. The fraction of sp³-hybridized carbons (Fsp3) is 0.0833.